The van der Waals surface area contributed by atoms with Crippen molar-refractivity contribution >= 4 is 15.8 Å². The third-order valence-corrected chi connectivity index (χ3v) is 8.17. The van der Waals surface area contributed by atoms with Gasteiger partial charge in [0.05, 0.1) is 10.4 Å². The number of carbonyl (C=O) groups is 1. The van der Waals surface area contributed by atoms with Gasteiger partial charge in [-0.15, -0.1) is 0 Å². The Kier molecular flexibility index (Phi) is 4.98. The second-order valence-corrected chi connectivity index (χ2v) is 10.5. The van der Waals surface area contributed by atoms with E-state index in [1.54, 1.807) is 22.5 Å². The van der Waals surface area contributed by atoms with E-state index in [9.17, 15) is 13.2 Å². The van der Waals surface area contributed by atoms with Crippen LogP contribution in [-0.2, 0) is 14.8 Å². The van der Waals surface area contributed by atoms with Gasteiger partial charge >= 0.3 is 0 Å². The summed E-state index contributed by atoms with van der Waals surface area (Å²) < 4.78 is 28.5. The average molecular weight is 388 g/mol. The summed E-state index contributed by atoms with van der Waals surface area (Å²) >= 11 is 0. The van der Waals surface area contributed by atoms with E-state index in [2.05, 4.69) is 13.8 Å². The summed E-state index contributed by atoms with van der Waals surface area (Å²) in [5, 5.41) is 0. The van der Waals surface area contributed by atoms with Crippen LogP contribution in [0.1, 0.15) is 52.5 Å². The Morgan fingerprint density at radius 3 is 2.44 bits per heavy atom. The third-order valence-electron chi connectivity index (χ3n) is 5.96. The van der Waals surface area contributed by atoms with Gasteiger partial charge in [-0.2, -0.15) is 4.31 Å². The van der Waals surface area contributed by atoms with Crippen LogP contribution in [0.15, 0.2) is 53.0 Å². The minimum Gasteiger partial charge on any atom is -0.290 e. The van der Waals surface area contributed by atoms with Gasteiger partial charge in [-0.1, -0.05) is 44.2 Å². The lowest BCUT2D eigenvalue weighted by Gasteiger charge is -2.20. The van der Waals surface area contributed by atoms with Crippen molar-refractivity contribution in [1.29, 1.82) is 0 Å². The van der Waals surface area contributed by atoms with Crippen LogP contribution in [-0.4, -0.2) is 30.1 Å². The monoisotopic (exact) mass is 387 g/mol. The fourth-order valence-corrected chi connectivity index (χ4v) is 6.41. The van der Waals surface area contributed by atoms with Gasteiger partial charge in [0.15, 0.2) is 5.78 Å². The number of ketones is 1. The molecule has 3 rings (SSSR count). The van der Waals surface area contributed by atoms with Crippen molar-refractivity contribution in [1.82, 2.24) is 4.31 Å². The Bertz CT molecular complexity index is 927. The number of carbonyl (C=O) groups excluding carboxylic acids is 1. The zero-order valence-corrected chi connectivity index (χ0v) is 17.6. The molecule has 0 N–H and O–H groups in total. The van der Waals surface area contributed by atoms with Crippen LogP contribution in [0.2, 0.25) is 0 Å². The topological polar surface area (TPSA) is 54.2 Å². The maximum atomic E-state index is 13.4. The minimum absolute atomic E-state index is 0.0354. The highest BCUT2D eigenvalue weighted by Gasteiger charge is 2.65. The van der Waals surface area contributed by atoms with E-state index in [1.165, 1.54) is 0 Å². The molecule has 1 aromatic carbocycles. The first-order valence-corrected chi connectivity index (χ1v) is 10.9. The second-order valence-electron chi connectivity index (χ2n) is 8.76. The third kappa shape index (κ3) is 3.67. The van der Waals surface area contributed by atoms with Crippen LogP contribution in [0.3, 0.4) is 0 Å². The van der Waals surface area contributed by atoms with E-state index in [1.807, 2.05) is 45.1 Å². The Balaban J connectivity index is 2.00. The van der Waals surface area contributed by atoms with Crippen molar-refractivity contribution in [3.8, 4) is 0 Å². The minimum atomic E-state index is -3.56. The summed E-state index contributed by atoms with van der Waals surface area (Å²) in [7, 11) is -3.56. The number of rotatable bonds is 2. The molecule has 0 saturated carbocycles. The molecular weight excluding hydrogens is 358 g/mol. The van der Waals surface area contributed by atoms with Crippen molar-refractivity contribution in [2.24, 2.45) is 5.41 Å². The van der Waals surface area contributed by atoms with Gasteiger partial charge in [-0.3, -0.25) is 4.79 Å². The van der Waals surface area contributed by atoms with Crippen molar-refractivity contribution in [2.45, 2.75) is 70.4 Å². The van der Waals surface area contributed by atoms with Gasteiger partial charge in [-0.05, 0) is 68.7 Å². The van der Waals surface area contributed by atoms with E-state index in [-0.39, 0.29) is 17.2 Å². The molecule has 1 unspecified atom stereocenters. The molecule has 1 saturated heterocycles. The summed E-state index contributed by atoms with van der Waals surface area (Å²) in [4.78, 5) is 12.6. The summed E-state index contributed by atoms with van der Waals surface area (Å²) in [6, 6.07) is 7.10. The molecular formula is C22H29NO3S. The number of sulfonamides is 1. The Morgan fingerprint density at radius 2 is 1.78 bits per heavy atom. The van der Waals surface area contributed by atoms with Crippen LogP contribution in [0, 0.1) is 12.3 Å². The second kappa shape index (κ2) is 6.71. The number of hydrogen-bond donors (Lipinski definition) is 0. The van der Waals surface area contributed by atoms with Crippen molar-refractivity contribution in [2.75, 3.05) is 0 Å². The first-order chi connectivity index (χ1) is 12.5. The molecule has 1 aliphatic heterocycles. The van der Waals surface area contributed by atoms with Gasteiger partial charge in [0.2, 0.25) is 10.0 Å². The van der Waals surface area contributed by atoms with E-state index in [0.29, 0.717) is 24.2 Å². The van der Waals surface area contributed by atoms with E-state index >= 15 is 0 Å². The molecule has 0 aromatic heterocycles. The number of fused-ring (bicyclic) bond motifs is 1. The lowest BCUT2D eigenvalue weighted by Crippen LogP contribution is -2.22. The Hall–Kier alpha value is -1.72. The van der Waals surface area contributed by atoms with Crippen LogP contribution in [0.5, 0.6) is 0 Å². The molecule has 1 aromatic rings. The Morgan fingerprint density at radius 1 is 1.11 bits per heavy atom. The fourth-order valence-electron chi connectivity index (χ4n) is 4.12. The summed E-state index contributed by atoms with van der Waals surface area (Å²) in [6.45, 7) is 9.82. The molecule has 3 atom stereocenters. The molecule has 1 heterocycles. The van der Waals surface area contributed by atoms with Gasteiger partial charge in [-0.25, -0.2) is 8.42 Å². The molecule has 5 heteroatoms. The molecule has 1 fully saturated rings. The van der Waals surface area contributed by atoms with Crippen molar-refractivity contribution in [3.63, 3.8) is 0 Å². The predicted octanol–water partition coefficient (Wildman–Crippen LogP) is 4.41. The van der Waals surface area contributed by atoms with E-state index in [4.69, 9.17) is 0 Å². The summed E-state index contributed by atoms with van der Waals surface area (Å²) in [5.41, 5.74) is 0.809. The van der Waals surface area contributed by atoms with Crippen LogP contribution < -0.4 is 0 Å². The average Bonchev–Trinajstić information content (AvgIpc) is 3.15. The predicted molar refractivity (Wildman–Crippen MR) is 108 cm³/mol. The quantitative estimate of drug-likeness (QED) is 0.707. The molecule has 4 nitrogen and oxygen atoms in total. The van der Waals surface area contributed by atoms with E-state index in [0.717, 1.165) is 11.1 Å². The lowest BCUT2D eigenvalue weighted by molar-refractivity contribution is -0.111. The largest absolute Gasteiger partial charge is 0.290 e. The number of allylic oxidation sites excluding steroid dienone is 4. The SMILES string of the molecule is C/C1=C\CC[C@@]2(C)[C@@H](CC(C)(C)/C=C/C1=O)N2S(=O)(=O)c1ccccc1C. The number of aryl methyl sites for hydroxylation is 1. The van der Waals surface area contributed by atoms with Crippen molar-refractivity contribution in [3.05, 3.63) is 53.6 Å². The fraction of sp³-hybridized carbons (Fsp3) is 0.500. The van der Waals surface area contributed by atoms with E-state index < -0.39 is 15.6 Å². The molecule has 2 aliphatic rings. The molecule has 146 valence electrons. The first kappa shape index (κ1) is 20.0. The number of nitrogens with zero attached hydrogens (tertiary/aromatic N) is 1. The van der Waals surface area contributed by atoms with Gasteiger partial charge in [0.1, 0.15) is 0 Å². The zero-order chi connectivity index (χ0) is 20.0. The van der Waals surface area contributed by atoms with Crippen LogP contribution in [0.4, 0.5) is 0 Å². The molecule has 0 amide bonds. The lowest BCUT2D eigenvalue weighted by atomic mass is 9.84. The van der Waals surface area contributed by atoms with Crippen LogP contribution >= 0.6 is 0 Å². The standard InChI is InChI=1S/C22H29NO3S/c1-16-10-8-13-22(5)20(15-21(3,4)14-12-18(16)24)23(22)27(25,26)19-11-7-6-9-17(19)2/h6-7,9-12,14,20H,8,13,15H2,1-5H3/b14-12+,16-10+/t20-,22+,23?/m1/s1. The molecule has 0 radical (unpaired) electrons. The zero-order valence-electron chi connectivity index (χ0n) is 16.8. The maximum absolute atomic E-state index is 13.4. The smallest absolute Gasteiger partial charge is 0.244 e. The van der Waals surface area contributed by atoms with Gasteiger partial charge < -0.3 is 0 Å². The highest BCUT2D eigenvalue weighted by molar-refractivity contribution is 7.89. The van der Waals surface area contributed by atoms with Gasteiger partial charge in [0, 0.05) is 6.04 Å². The molecule has 1 aliphatic carbocycles. The molecule has 27 heavy (non-hydrogen) atoms. The molecule has 0 spiro atoms. The molecule has 0 bridgehead atoms. The summed E-state index contributed by atoms with van der Waals surface area (Å²) in [5.74, 6) is 0.0354. The number of hydrogen-bond acceptors (Lipinski definition) is 3. The van der Waals surface area contributed by atoms with Crippen molar-refractivity contribution < 1.29 is 13.2 Å². The maximum Gasteiger partial charge on any atom is 0.244 e. The Labute approximate surface area is 163 Å². The van der Waals surface area contributed by atoms with Gasteiger partial charge in [0.25, 0.3) is 0 Å². The first-order valence-electron chi connectivity index (χ1n) is 9.49. The highest BCUT2D eigenvalue weighted by atomic mass is 32.2. The normalized spacial score (nSPS) is 34.0. The highest BCUT2D eigenvalue weighted by Crippen LogP contribution is 2.53. The number of benzene rings is 1. The summed E-state index contributed by atoms with van der Waals surface area (Å²) in [6.07, 6.45) is 7.59. The van der Waals surface area contributed by atoms with Crippen LogP contribution in [0.25, 0.3) is 0 Å².